The summed E-state index contributed by atoms with van der Waals surface area (Å²) in [5, 5.41) is 6.77. The molecule has 0 atom stereocenters. The molecule has 2 aliphatic heterocycles. The first-order valence-electron chi connectivity index (χ1n) is 12.3. The van der Waals surface area contributed by atoms with Gasteiger partial charge in [0.1, 0.15) is 5.75 Å². The second-order valence-corrected chi connectivity index (χ2v) is 9.56. The Morgan fingerprint density at radius 2 is 1.70 bits per heavy atom. The minimum Gasteiger partial charge on any atom is -0.493 e. The van der Waals surface area contributed by atoms with Crippen molar-refractivity contribution in [3.8, 4) is 5.75 Å². The molecule has 4 rings (SSSR count). The molecule has 3 heterocycles. The number of hydrogen-bond donors (Lipinski definition) is 1. The Labute approximate surface area is 196 Å². The van der Waals surface area contributed by atoms with Crippen LogP contribution in [-0.4, -0.2) is 64.6 Å². The first-order chi connectivity index (χ1) is 16.1. The zero-order chi connectivity index (χ0) is 22.9. The van der Waals surface area contributed by atoms with Gasteiger partial charge in [-0.2, -0.15) is 5.10 Å². The van der Waals surface area contributed by atoms with Gasteiger partial charge in [0.15, 0.2) is 0 Å². The molecule has 0 aliphatic carbocycles. The van der Waals surface area contributed by atoms with Gasteiger partial charge >= 0.3 is 0 Å². The highest BCUT2D eigenvalue weighted by Crippen LogP contribution is 2.37. The number of para-hydroxylation sites is 1. The lowest BCUT2D eigenvalue weighted by Gasteiger charge is -2.42. The lowest BCUT2D eigenvalue weighted by molar-refractivity contribution is -0.138. The Morgan fingerprint density at radius 1 is 0.970 bits per heavy atom. The summed E-state index contributed by atoms with van der Waals surface area (Å²) in [4.78, 5) is 29.9. The van der Waals surface area contributed by atoms with E-state index in [9.17, 15) is 9.59 Å². The van der Waals surface area contributed by atoms with E-state index in [1.165, 1.54) is 6.42 Å². The number of hydrogen-bond acceptors (Lipinski definition) is 4. The molecule has 178 valence electrons. The number of carbonyl (C=O) groups is 2. The maximum atomic E-state index is 13.1. The standard InChI is InChI=1S/C26H36N4O3/c31-24(11-7-8-22-19-27-28-20-22)30-16-12-26(13-17-30,21-33-23-9-3-1-4-10-23)18-25(32)29-14-5-2-6-15-29/h1,3-4,9-10,19-20H,2,5-8,11-18,21H2,(H,27,28). The topological polar surface area (TPSA) is 78.5 Å². The third-order valence-electron chi connectivity index (χ3n) is 7.11. The van der Waals surface area contributed by atoms with E-state index >= 15 is 0 Å². The minimum atomic E-state index is -0.224. The van der Waals surface area contributed by atoms with Gasteiger partial charge in [-0.05, 0) is 62.6 Å². The van der Waals surface area contributed by atoms with Crippen molar-refractivity contribution in [1.29, 1.82) is 0 Å². The molecule has 0 saturated carbocycles. The largest absolute Gasteiger partial charge is 0.493 e. The third-order valence-corrected chi connectivity index (χ3v) is 7.11. The highest BCUT2D eigenvalue weighted by molar-refractivity contribution is 5.78. The monoisotopic (exact) mass is 452 g/mol. The van der Waals surface area contributed by atoms with E-state index in [2.05, 4.69) is 10.2 Å². The molecule has 7 heteroatoms. The number of nitrogens with one attached hydrogen (secondary N) is 1. The molecule has 2 amide bonds. The predicted octanol–water partition coefficient (Wildman–Crippen LogP) is 3.82. The highest BCUT2D eigenvalue weighted by Gasteiger charge is 2.39. The second kappa shape index (κ2) is 11.3. The number of carbonyl (C=O) groups excluding carboxylic acids is 2. The Bertz CT molecular complexity index is 870. The molecule has 0 bridgehead atoms. The number of amides is 2. The molecule has 1 aromatic carbocycles. The molecule has 0 spiro atoms. The van der Waals surface area contributed by atoms with Crippen LogP contribution in [-0.2, 0) is 16.0 Å². The zero-order valence-corrected chi connectivity index (χ0v) is 19.5. The lowest BCUT2D eigenvalue weighted by atomic mass is 9.75. The van der Waals surface area contributed by atoms with E-state index in [1.807, 2.05) is 52.5 Å². The third kappa shape index (κ3) is 6.59. The van der Waals surface area contributed by atoms with Crippen LogP contribution in [0.3, 0.4) is 0 Å². The van der Waals surface area contributed by atoms with Gasteiger partial charge in [-0.15, -0.1) is 0 Å². The molecule has 2 aliphatic rings. The van der Waals surface area contributed by atoms with Gasteiger partial charge in [0.05, 0.1) is 12.8 Å². The van der Waals surface area contributed by atoms with E-state index in [0.29, 0.717) is 32.5 Å². The molecular weight excluding hydrogens is 416 g/mol. The normalized spacial score (nSPS) is 18.2. The van der Waals surface area contributed by atoms with Crippen molar-refractivity contribution >= 4 is 11.8 Å². The Morgan fingerprint density at radius 3 is 2.39 bits per heavy atom. The summed E-state index contributed by atoms with van der Waals surface area (Å²) in [6.45, 7) is 3.64. The molecule has 0 unspecified atom stereocenters. The van der Waals surface area contributed by atoms with Crippen molar-refractivity contribution in [2.24, 2.45) is 5.41 Å². The number of nitrogens with zero attached hydrogens (tertiary/aromatic N) is 3. The molecule has 2 saturated heterocycles. The van der Waals surface area contributed by atoms with Gasteiger partial charge in [0, 0.05) is 50.6 Å². The number of aromatic nitrogens is 2. The van der Waals surface area contributed by atoms with Crippen molar-refractivity contribution in [3.63, 3.8) is 0 Å². The maximum Gasteiger partial charge on any atom is 0.223 e. The van der Waals surface area contributed by atoms with Crippen molar-refractivity contribution in [2.45, 2.75) is 57.8 Å². The minimum absolute atomic E-state index is 0.207. The summed E-state index contributed by atoms with van der Waals surface area (Å²) in [7, 11) is 0. The van der Waals surface area contributed by atoms with Crippen LogP contribution in [0.25, 0.3) is 0 Å². The summed E-state index contributed by atoms with van der Waals surface area (Å²) in [6, 6.07) is 9.81. The van der Waals surface area contributed by atoms with Crippen LogP contribution >= 0.6 is 0 Å². The van der Waals surface area contributed by atoms with Gasteiger partial charge < -0.3 is 14.5 Å². The number of ether oxygens (including phenoxy) is 1. The number of benzene rings is 1. The number of likely N-dealkylation sites (tertiary alicyclic amines) is 2. The number of aromatic amines is 1. The van der Waals surface area contributed by atoms with E-state index < -0.39 is 0 Å². The second-order valence-electron chi connectivity index (χ2n) is 9.56. The molecule has 1 aromatic heterocycles. The van der Waals surface area contributed by atoms with E-state index in [0.717, 1.165) is 62.9 Å². The number of H-pyrrole nitrogens is 1. The van der Waals surface area contributed by atoms with Crippen LogP contribution < -0.4 is 4.74 Å². The SMILES string of the molecule is O=C(CCCc1cn[nH]c1)N1CCC(COc2ccccc2)(CC(=O)N2CCCCC2)CC1. The number of rotatable bonds is 9. The molecule has 2 fully saturated rings. The van der Waals surface area contributed by atoms with Gasteiger partial charge in [0.2, 0.25) is 11.8 Å². The van der Waals surface area contributed by atoms with Crippen molar-refractivity contribution in [2.75, 3.05) is 32.8 Å². The number of aryl methyl sites for hydroxylation is 1. The fraction of sp³-hybridized carbons (Fsp3) is 0.577. The fourth-order valence-corrected chi connectivity index (χ4v) is 4.95. The van der Waals surface area contributed by atoms with Crippen LogP contribution in [0, 0.1) is 5.41 Å². The number of piperidine rings is 2. The zero-order valence-electron chi connectivity index (χ0n) is 19.5. The molecule has 7 nitrogen and oxygen atoms in total. The maximum absolute atomic E-state index is 13.1. The summed E-state index contributed by atoms with van der Waals surface area (Å²) in [6.07, 6.45) is 11.4. The van der Waals surface area contributed by atoms with E-state index in [4.69, 9.17) is 4.74 Å². The Hall–Kier alpha value is -2.83. The van der Waals surface area contributed by atoms with Gasteiger partial charge in [-0.1, -0.05) is 18.2 Å². The Balaban J connectivity index is 1.33. The van der Waals surface area contributed by atoms with E-state index in [-0.39, 0.29) is 17.2 Å². The molecule has 2 aromatic rings. The van der Waals surface area contributed by atoms with Crippen molar-refractivity contribution < 1.29 is 14.3 Å². The van der Waals surface area contributed by atoms with Gasteiger partial charge in [-0.25, -0.2) is 0 Å². The van der Waals surface area contributed by atoms with Gasteiger partial charge in [0.25, 0.3) is 0 Å². The quantitative estimate of drug-likeness (QED) is 0.627. The van der Waals surface area contributed by atoms with Crippen molar-refractivity contribution in [3.05, 3.63) is 48.3 Å². The summed E-state index contributed by atoms with van der Waals surface area (Å²) in [5.41, 5.74) is 0.910. The molecule has 1 N–H and O–H groups in total. The lowest BCUT2D eigenvalue weighted by Crippen LogP contribution is -2.48. The van der Waals surface area contributed by atoms with Crippen LogP contribution in [0.1, 0.15) is 56.9 Å². The molecule has 33 heavy (non-hydrogen) atoms. The van der Waals surface area contributed by atoms with Crippen molar-refractivity contribution in [1.82, 2.24) is 20.0 Å². The van der Waals surface area contributed by atoms with Crippen LogP contribution in [0.4, 0.5) is 0 Å². The van der Waals surface area contributed by atoms with E-state index in [1.54, 1.807) is 0 Å². The van der Waals surface area contributed by atoms with Crippen LogP contribution in [0.5, 0.6) is 5.75 Å². The average Bonchev–Trinajstić information content (AvgIpc) is 3.38. The Kier molecular flexibility index (Phi) is 8.02. The molecule has 0 radical (unpaired) electrons. The highest BCUT2D eigenvalue weighted by atomic mass is 16.5. The molecular formula is C26H36N4O3. The summed E-state index contributed by atoms with van der Waals surface area (Å²) >= 11 is 0. The summed E-state index contributed by atoms with van der Waals surface area (Å²) in [5.74, 6) is 1.28. The van der Waals surface area contributed by atoms with Crippen LogP contribution in [0.15, 0.2) is 42.7 Å². The summed E-state index contributed by atoms with van der Waals surface area (Å²) < 4.78 is 6.16. The first kappa shape index (κ1) is 23.3. The van der Waals surface area contributed by atoms with Crippen LogP contribution in [0.2, 0.25) is 0 Å². The smallest absolute Gasteiger partial charge is 0.223 e. The van der Waals surface area contributed by atoms with Gasteiger partial charge in [-0.3, -0.25) is 14.7 Å². The first-order valence-corrected chi connectivity index (χ1v) is 12.3. The average molecular weight is 453 g/mol. The fourth-order valence-electron chi connectivity index (χ4n) is 4.95. The predicted molar refractivity (Wildman–Crippen MR) is 127 cm³/mol.